The highest BCUT2D eigenvalue weighted by Crippen LogP contribution is 2.24. The molecule has 7 heteroatoms. The number of nitrogens with one attached hydrogen (secondary N) is 1. The van der Waals surface area contributed by atoms with Gasteiger partial charge in [-0.3, -0.25) is 14.3 Å². The summed E-state index contributed by atoms with van der Waals surface area (Å²) >= 11 is 0. The fourth-order valence-corrected chi connectivity index (χ4v) is 4.12. The highest BCUT2D eigenvalue weighted by molar-refractivity contribution is 5.92. The van der Waals surface area contributed by atoms with Crippen molar-refractivity contribution in [2.75, 3.05) is 0 Å². The number of carbonyl (C=O) groups excluding carboxylic acids is 1. The van der Waals surface area contributed by atoms with Gasteiger partial charge in [0.2, 0.25) is 5.43 Å². The first-order valence-corrected chi connectivity index (χ1v) is 11.7. The summed E-state index contributed by atoms with van der Waals surface area (Å²) < 4.78 is 3.48. The Morgan fingerprint density at radius 1 is 0.917 bits per heavy atom. The largest absolute Gasteiger partial charge is 0.346 e. The number of para-hydroxylation sites is 1. The summed E-state index contributed by atoms with van der Waals surface area (Å²) in [6.07, 6.45) is 3.70. The van der Waals surface area contributed by atoms with Crippen molar-refractivity contribution >= 4 is 5.91 Å². The van der Waals surface area contributed by atoms with E-state index in [1.807, 2.05) is 71.5 Å². The fourth-order valence-electron chi connectivity index (χ4n) is 4.12. The molecule has 0 unspecified atom stereocenters. The molecule has 1 N–H and O–H groups in total. The van der Waals surface area contributed by atoms with Gasteiger partial charge in [-0.1, -0.05) is 66.7 Å². The first-order valence-electron chi connectivity index (χ1n) is 11.7. The lowest BCUT2D eigenvalue weighted by atomic mass is 9.98. The fraction of sp³-hybridized carbons (Fsp3) is 0.103. The van der Waals surface area contributed by atoms with E-state index in [1.165, 1.54) is 6.07 Å². The van der Waals surface area contributed by atoms with Gasteiger partial charge < -0.3 is 5.32 Å². The van der Waals surface area contributed by atoms with Crippen LogP contribution in [-0.4, -0.2) is 25.5 Å². The third kappa shape index (κ3) is 5.00. The standard InChI is InChI=1S/C29H25N5O2/c1-21-18-27(35)28(32-34(21)25-9-3-2-4-10-25)29(36)30-19-24-8-5-6-11-26(24)23-14-12-22(13-15-23)20-33-17-7-16-31-33/h2-18H,19-20H2,1H3,(H,30,36). The number of nitrogens with zero attached hydrogens (tertiary/aromatic N) is 4. The number of carbonyl (C=O) groups is 1. The number of hydrogen-bond acceptors (Lipinski definition) is 4. The third-order valence-electron chi connectivity index (χ3n) is 5.95. The summed E-state index contributed by atoms with van der Waals surface area (Å²) in [5.74, 6) is -0.506. The van der Waals surface area contributed by atoms with E-state index in [4.69, 9.17) is 0 Å². The molecule has 0 spiro atoms. The second kappa shape index (κ2) is 10.2. The van der Waals surface area contributed by atoms with E-state index < -0.39 is 11.3 Å². The molecule has 36 heavy (non-hydrogen) atoms. The molecule has 0 atom stereocenters. The quantitative estimate of drug-likeness (QED) is 0.379. The van der Waals surface area contributed by atoms with E-state index in [1.54, 1.807) is 17.8 Å². The molecule has 0 aliphatic heterocycles. The minimum Gasteiger partial charge on any atom is -0.346 e. The smallest absolute Gasteiger partial charge is 0.276 e. The molecular weight excluding hydrogens is 450 g/mol. The van der Waals surface area contributed by atoms with Gasteiger partial charge in [-0.2, -0.15) is 10.2 Å². The van der Waals surface area contributed by atoms with Crippen LogP contribution in [0.1, 0.15) is 27.3 Å². The average Bonchev–Trinajstić information content (AvgIpc) is 3.42. The topological polar surface area (TPSA) is 81.8 Å². The monoisotopic (exact) mass is 475 g/mol. The first kappa shape index (κ1) is 23.0. The van der Waals surface area contributed by atoms with Crippen molar-refractivity contribution in [3.63, 3.8) is 0 Å². The van der Waals surface area contributed by atoms with Crippen molar-refractivity contribution in [1.29, 1.82) is 0 Å². The first-order chi connectivity index (χ1) is 17.6. The van der Waals surface area contributed by atoms with Crippen LogP contribution in [-0.2, 0) is 13.1 Å². The van der Waals surface area contributed by atoms with Gasteiger partial charge in [-0.05, 0) is 47.4 Å². The van der Waals surface area contributed by atoms with Crippen molar-refractivity contribution in [2.24, 2.45) is 0 Å². The lowest BCUT2D eigenvalue weighted by molar-refractivity contribution is 0.0943. The zero-order chi connectivity index (χ0) is 24.9. The summed E-state index contributed by atoms with van der Waals surface area (Å²) in [5, 5.41) is 11.5. The van der Waals surface area contributed by atoms with Crippen LogP contribution in [0.5, 0.6) is 0 Å². The zero-order valence-electron chi connectivity index (χ0n) is 19.8. The van der Waals surface area contributed by atoms with Crippen LogP contribution in [0.25, 0.3) is 16.8 Å². The van der Waals surface area contributed by atoms with Crippen LogP contribution in [0.4, 0.5) is 0 Å². The molecule has 0 aliphatic rings. The SMILES string of the molecule is Cc1cc(=O)c(C(=O)NCc2ccccc2-c2ccc(Cn3cccn3)cc2)nn1-c1ccccc1. The lowest BCUT2D eigenvalue weighted by Crippen LogP contribution is -2.31. The molecule has 0 fully saturated rings. The van der Waals surface area contributed by atoms with Crippen LogP contribution in [0.3, 0.4) is 0 Å². The third-order valence-corrected chi connectivity index (χ3v) is 5.95. The van der Waals surface area contributed by atoms with Gasteiger partial charge in [0.25, 0.3) is 5.91 Å². The van der Waals surface area contributed by atoms with Gasteiger partial charge in [0.15, 0.2) is 5.69 Å². The summed E-state index contributed by atoms with van der Waals surface area (Å²) in [6, 6.07) is 29.0. The lowest BCUT2D eigenvalue weighted by Gasteiger charge is -2.13. The Balaban J connectivity index is 1.34. The molecule has 3 aromatic carbocycles. The number of aromatic nitrogens is 4. The van der Waals surface area contributed by atoms with E-state index in [0.717, 1.165) is 27.9 Å². The van der Waals surface area contributed by atoms with E-state index in [-0.39, 0.29) is 12.2 Å². The second-order valence-corrected chi connectivity index (χ2v) is 8.49. The average molecular weight is 476 g/mol. The number of benzene rings is 3. The molecule has 1 amide bonds. The predicted molar refractivity (Wildman–Crippen MR) is 139 cm³/mol. The molecule has 2 aromatic heterocycles. The van der Waals surface area contributed by atoms with Crippen molar-refractivity contribution in [2.45, 2.75) is 20.0 Å². The van der Waals surface area contributed by atoms with E-state index in [2.05, 4.69) is 39.8 Å². The van der Waals surface area contributed by atoms with Gasteiger partial charge in [0.05, 0.1) is 12.2 Å². The van der Waals surface area contributed by atoms with Crippen molar-refractivity contribution < 1.29 is 4.79 Å². The Hall–Kier alpha value is -4.78. The number of rotatable bonds is 7. The van der Waals surface area contributed by atoms with Gasteiger partial charge >= 0.3 is 0 Å². The van der Waals surface area contributed by atoms with Gasteiger partial charge in [0, 0.05) is 30.7 Å². The normalized spacial score (nSPS) is 10.8. The molecule has 5 aromatic rings. The van der Waals surface area contributed by atoms with Gasteiger partial charge in [0.1, 0.15) is 0 Å². The van der Waals surface area contributed by atoms with E-state index in [0.29, 0.717) is 12.2 Å². The molecular formula is C29H25N5O2. The Kier molecular flexibility index (Phi) is 6.53. The predicted octanol–water partition coefficient (Wildman–Crippen LogP) is 4.38. The van der Waals surface area contributed by atoms with Gasteiger partial charge in [-0.15, -0.1) is 0 Å². The van der Waals surface area contributed by atoms with Crippen molar-refractivity contribution in [1.82, 2.24) is 24.9 Å². The summed E-state index contributed by atoms with van der Waals surface area (Å²) in [6.45, 7) is 2.76. The molecule has 7 nitrogen and oxygen atoms in total. The van der Waals surface area contributed by atoms with Crippen LogP contribution < -0.4 is 10.7 Å². The molecule has 0 saturated heterocycles. The minimum absolute atomic E-state index is 0.134. The Morgan fingerprint density at radius 2 is 1.67 bits per heavy atom. The Labute approximate surface area is 208 Å². The highest BCUT2D eigenvalue weighted by Gasteiger charge is 2.16. The molecule has 178 valence electrons. The maximum atomic E-state index is 13.0. The highest BCUT2D eigenvalue weighted by atomic mass is 16.2. The van der Waals surface area contributed by atoms with Crippen LogP contribution in [0.15, 0.2) is 108 Å². The van der Waals surface area contributed by atoms with Crippen LogP contribution >= 0.6 is 0 Å². The molecule has 5 rings (SSSR count). The maximum absolute atomic E-state index is 13.0. The Morgan fingerprint density at radius 3 is 2.42 bits per heavy atom. The summed E-state index contributed by atoms with van der Waals surface area (Å²) in [4.78, 5) is 25.5. The van der Waals surface area contributed by atoms with Crippen LogP contribution in [0, 0.1) is 6.92 Å². The molecule has 0 radical (unpaired) electrons. The zero-order valence-corrected chi connectivity index (χ0v) is 19.8. The van der Waals surface area contributed by atoms with Crippen molar-refractivity contribution in [3.8, 4) is 16.8 Å². The minimum atomic E-state index is -0.506. The van der Waals surface area contributed by atoms with Gasteiger partial charge in [-0.25, -0.2) is 4.68 Å². The van der Waals surface area contributed by atoms with E-state index >= 15 is 0 Å². The molecule has 0 aliphatic carbocycles. The van der Waals surface area contributed by atoms with Crippen molar-refractivity contribution in [3.05, 3.63) is 136 Å². The number of aryl methyl sites for hydroxylation is 1. The van der Waals surface area contributed by atoms with E-state index in [9.17, 15) is 9.59 Å². The number of amides is 1. The summed E-state index contributed by atoms with van der Waals surface area (Å²) in [5.41, 5.74) is 5.05. The molecule has 0 bridgehead atoms. The summed E-state index contributed by atoms with van der Waals surface area (Å²) in [7, 11) is 0. The molecule has 0 saturated carbocycles. The Bertz CT molecular complexity index is 1540. The molecule has 2 heterocycles. The second-order valence-electron chi connectivity index (χ2n) is 8.49. The maximum Gasteiger partial charge on any atom is 0.276 e. The van der Waals surface area contributed by atoms with Crippen LogP contribution in [0.2, 0.25) is 0 Å². The number of hydrogen-bond donors (Lipinski definition) is 1.